The SMILES string of the molecule is Cc1nc(-c2ccc(F)cc2)c2c(n1)[C@H]1[C@H](C)C[C@H](C)[C@@H](C2)N1C(=O)c1cccc(C(F)(F)F)c1C. The number of aryl methyl sites for hydroxylation is 1. The minimum atomic E-state index is -4.54. The van der Waals surface area contributed by atoms with E-state index < -0.39 is 23.7 Å². The number of benzene rings is 2. The van der Waals surface area contributed by atoms with E-state index in [4.69, 9.17) is 4.98 Å². The zero-order valence-electron chi connectivity index (χ0n) is 20.5. The number of fused-ring (bicyclic) bond motifs is 4. The highest BCUT2D eigenvalue weighted by atomic mass is 19.4. The molecule has 1 fully saturated rings. The van der Waals surface area contributed by atoms with Crippen LogP contribution in [0.3, 0.4) is 0 Å². The van der Waals surface area contributed by atoms with E-state index >= 15 is 0 Å². The lowest BCUT2D eigenvalue weighted by molar-refractivity contribution is -0.138. The smallest absolute Gasteiger partial charge is 0.326 e. The van der Waals surface area contributed by atoms with Crippen molar-refractivity contribution in [3.05, 3.63) is 82.1 Å². The summed E-state index contributed by atoms with van der Waals surface area (Å²) in [6.45, 7) is 7.27. The molecule has 0 unspecified atom stereocenters. The fourth-order valence-electron chi connectivity index (χ4n) is 6.04. The molecule has 188 valence electrons. The van der Waals surface area contributed by atoms with Crippen molar-refractivity contribution < 1.29 is 22.4 Å². The third-order valence-electron chi connectivity index (χ3n) is 7.66. The Morgan fingerprint density at radius 2 is 1.69 bits per heavy atom. The monoisotopic (exact) mass is 497 g/mol. The molecule has 0 spiro atoms. The number of nitrogens with zero attached hydrogens (tertiary/aromatic N) is 3. The summed E-state index contributed by atoms with van der Waals surface area (Å²) in [6.07, 6.45) is -3.19. The van der Waals surface area contributed by atoms with Gasteiger partial charge in [-0.15, -0.1) is 0 Å². The summed E-state index contributed by atoms with van der Waals surface area (Å²) < 4.78 is 54.4. The summed E-state index contributed by atoms with van der Waals surface area (Å²) in [4.78, 5) is 25.2. The fourth-order valence-corrected chi connectivity index (χ4v) is 6.04. The van der Waals surface area contributed by atoms with Crippen LogP contribution in [0.4, 0.5) is 17.6 Å². The first-order chi connectivity index (χ1) is 17.0. The van der Waals surface area contributed by atoms with Gasteiger partial charge in [-0.3, -0.25) is 4.79 Å². The Hall–Kier alpha value is -3.29. The first-order valence-corrected chi connectivity index (χ1v) is 12.1. The lowest BCUT2D eigenvalue weighted by Crippen LogP contribution is -2.56. The molecule has 0 radical (unpaired) electrons. The third-order valence-corrected chi connectivity index (χ3v) is 7.66. The first kappa shape index (κ1) is 24.4. The highest BCUT2D eigenvalue weighted by molar-refractivity contribution is 5.97. The van der Waals surface area contributed by atoms with E-state index in [1.54, 1.807) is 24.0 Å². The average molecular weight is 498 g/mol. The maximum Gasteiger partial charge on any atom is 0.416 e. The van der Waals surface area contributed by atoms with Gasteiger partial charge in [-0.1, -0.05) is 19.9 Å². The maximum atomic E-state index is 14.0. The Kier molecular flexibility index (Phi) is 5.88. The molecule has 1 aromatic heterocycles. The van der Waals surface area contributed by atoms with Gasteiger partial charge in [0.1, 0.15) is 11.6 Å². The Labute approximate surface area is 207 Å². The van der Waals surface area contributed by atoms with Gasteiger partial charge in [0.05, 0.1) is 23.0 Å². The molecule has 2 aliphatic rings. The van der Waals surface area contributed by atoms with Crippen LogP contribution in [0.25, 0.3) is 11.3 Å². The van der Waals surface area contributed by atoms with Gasteiger partial charge in [-0.2, -0.15) is 13.2 Å². The summed E-state index contributed by atoms with van der Waals surface area (Å²) in [6, 6.07) is 9.32. The van der Waals surface area contributed by atoms with Gasteiger partial charge in [0, 0.05) is 22.7 Å². The van der Waals surface area contributed by atoms with Crippen molar-refractivity contribution in [3.63, 3.8) is 0 Å². The molecular formula is C28H27F4N3O. The second-order valence-electron chi connectivity index (χ2n) is 10.1. The van der Waals surface area contributed by atoms with E-state index in [0.717, 1.165) is 35.0 Å². The number of hydrogen-bond acceptors (Lipinski definition) is 3. The second-order valence-corrected chi connectivity index (χ2v) is 10.1. The highest BCUT2D eigenvalue weighted by Crippen LogP contribution is 2.49. The molecule has 2 aromatic carbocycles. The Bertz CT molecular complexity index is 1340. The number of halogens is 4. The van der Waals surface area contributed by atoms with Crippen LogP contribution in [-0.4, -0.2) is 26.8 Å². The number of rotatable bonds is 2. The second kappa shape index (κ2) is 8.68. The van der Waals surface area contributed by atoms with Crippen LogP contribution in [0.1, 0.15) is 64.9 Å². The zero-order valence-corrected chi connectivity index (χ0v) is 20.5. The summed E-state index contributed by atoms with van der Waals surface area (Å²) in [5, 5.41) is 0. The van der Waals surface area contributed by atoms with Gasteiger partial charge in [0.2, 0.25) is 0 Å². The highest BCUT2D eigenvalue weighted by Gasteiger charge is 2.49. The summed E-state index contributed by atoms with van der Waals surface area (Å²) in [5.41, 5.74) is 2.34. The molecular weight excluding hydrogens is 470 g/mol. The van der Waals surface area contributed by atoms with Gasteiger partial charge < -0.3 is 4.90 Å². The number of amides is 1. The quantitative estimate of drug-likeness (QED) is 0.370. The minimum absolute atomic E-state index is 0.0423. The van der Waals surface area contributed by atoms with Crippen molar-refractivity contribution >= 4 is 5.91 Å². The molecule has 1 amide bonds. The van der Waals surface area contributed by atoms with Gasteiger partial charge in [-0.25, -0.2) is 14.4 Å². The van der Waals surface area contributed by atoms with E-state index in [-0.39, 0.29) is 34.8 Å². The van der Waals surface area contributed by atoms with E-state index in [0.29, 0.717) is 12.2 Å². The maximum absolute atomic E-state index is 14.0. The standard InChI is InChI=1S/C28H27F4N3O/c1-14-12-15(2)26-25-21(24(33-17(4)34-25)18-8-10-19(29)11-9-18)13-23(14)35(26)27(36)20-6-5-7-22(16(20)3)28(30,31)32/h5-11,14-15,23,26H,12-13H2,1-4H3/t14-,15+,23+,26+/m0/s1. The molecule has 4 nitrogen and oxygen atoms in total. The fraction of sp³-hybridized carbons (Fsp3) is 0.393. The largest absolute Gasteiger partial charge is 0.416 e. The van der Waals surface area contributed by atoms with Crippen LogP contribution in [0.5, 0.6) is 0 Å². The van der Waals surface area contributed by atoms with E-state index in [1.165, 1.54) is 31.2 Å². The summed E-state index contributed by atoms with van der Waals surface area (Å²) >= 11 is 0. The van der Waals surface area contributed by atoms with Crippen molar-refractivity contribution in [1.82, 2.24) is 14.9 Å². The normalized spacial score (nSPS) is 23.4. The first-order valence-electron chi connectivity index (χ1n) is 12.1. The summed E-state index contributed by atoms with van der Waals surface area (Å²) in [5.74, 6) is -0.0504. The number of piperidine rings is 1. The molecule has 3 aromatic rings. The lowest BCUT2D eigenvalue weighted by atomic mass is 9.71. The van der Waals surface area contributed by atoms with Crippen molar-refractivity contribution in [2.24, 2.45) is 11.8 Å². The molecule has 1 saturated heterocycles. The van der Waals surface area contributed by atoms with Gasteiger partial charge in [-0.05, 0) is 80.5 Å². The Balaban J connectivity index is 1.66. The predicted molar refractivity (Wildman–Crippen MR) is 128 cm³/mol. The van der Waals surface area contributed by atoms with E-state index in [9.17, 15) is 22.4 Å². The zero-order chi connectivity index (χ0) is 25.9. The van der Waals surface area contributed by atoms with Crippen molar-refractivity contribution in [1.29, 1.82) is 0 Å². The van der Waals surface area contributed by atoms with Crippen LogP contribution in [0, 0.1) is 31.5 Å². The Morgan fingerprint density at radius 3 is 2.36 bits per heavy atom. The molecule has 3 heterocycles. The van der Waals surface area contributed by atoms with Gasteiger partial charge in [0.15, 0.2) is 0 Å². The van der Waals surface area contributed by atoms with Gasteiger partial charge >= 0.3 is 6.18 Å². The molecule has 4 atom stereocenters. The van der Waals surface area contributed by atoms with Crippen molar-refractivity contribution in [2.45, 2.75) is 58.8 Å². The molecule has 36 heavy (non-hydrogen) atoms. The van der Waals surface area contributed by atoms with Crippen molar-refractivity contribution in [2.75, 3.05) is 0 Å². The third kappa shape index (κ3) is 3.96. The van der Waals surface area contributed by atoms with Crippen LogP contribution in [0.15, 0.2) is 42.5 Å². The van der Waals surface area contributed by atoms with Crippen LogP contribution < -0.4 is 0 Å². The molecule has 2 aliphatic heterocycles. The Morgan fingerprint density at radius 1 is 1.00 bits per heavy atom. The minimum Gasteiger partial charge on any atom is -0.326 e. The van der Waals surface area contributed by atoms with Crippen LogP contribution in [-0.2, 0) is 12.6 Å². The average Bonchev–Trinajstić information content (AvgIpc) is 2.81. The molecule has 8 heteroatoms. The van der Waals surface area contributed by atoms with Crippen LogP contribution >= 0.6 is 0 Å². The van der Waals surface area contributed by atoms with E-state index in [1.807, 2.05) is 0 Å². The molecule has 0 N–H and O–H groups in total. The summed E-state index contributed by atoms with van der Waals surface area (Å²) in [7, 11) is 0. The molecule has 2 bridgehead atoms. The number of carbonyl (C=O) groups is 1. The topological polar surface area (TPSA) is 46.1 Å². The lowest BCUT2D eigenvalue weighted by Gasteiger charge is -2.52. The molecule has 5 rings (SSSR count). The number of carbonyl (C=O) groups excluding carboxylic acids is 1. The molecule has 0 aliphatic carbocycles. The van der Waals surface area contributed by atoms with Gasteiger partial charge in [0.25, 0.3) is 5.91 Å². The van der Waals surface area contributed by atoms with Crippen LogP contribution in [0.2, 0.25) is 0 Å². The van der Waals surface area contributed by atoms with Crippen molar-refractivity contribution in [3.8, 4) is 11.3 Å². The predicted octanol–water partition coefficient (Wildman–Crippen LogP) is 6.70. The number of hydrogen-bond donors (Lipinski definition) is 0. The molecule has 0 saturated carbocycles. The number of alkyl halides is 3. The van der Waals surface area contributed by atoms with E-state index in [2.05, 4.69) is 18.8 Å². The number of aromatic nitrogens is 2.